The summed E-state index contributed by atoms with van der Waals surface area (Å²) in [5, 5.41) is 1.80. The highest BCUT2D eigenvalue weighted by atomic mass is 35.5. The van der Waals surface area contributed by atoms with E-state index in [0.29, 0.717) is 22.8 Å². The van der Waals surface area contributed by atoms with Gasteiger partial charge in [-0.1, -0.05) is 61.4 Å². The first-order valence-corrected chi connectivity index (χ1v) is 17.8. The minimum Gasteiger partial charge on any atom is -0.283 e. The molecule has 1 aromatic heterocycles. The lowest BCUT2D eigenvalue weighted by Gasteiger charge is -2.26. The van der Waals surface area contributed by atoms with Gasteiger partial charge >= 0.3 is 0 Å². The zero-order valence-electron chi connectivity index (χ0n) is 22.2. The van der Waals surface area contributed by atoms with Crippen LogP contribution in [0.2, 0.25) is 10.0 Å². The number of sulfonamides is 1. The molecule has 14 heteroatoms. The molecule has 2 fully saturated rings. The molecule has 0 radical (unpaired) electrons. The predicted molar refractivity (Wildman–Crippen MR) is 156 cm³/mol. The molecule has 2 heterocycles. The molecule has 39 heavy (non-hydrogen) atoms. The van der Waals surface area contributed by atoms with Crippen molar-refractivity contribution in [2.45, 2.75) is 69.7 Å². The second-order valence-corrected chi connectivity index (χ2v) is 16.9. The lowest BCUT2D eigenvalue weighted by atomic mass is 9.85. The Labute approximate surface area is 244 Å². The normalized spacial score (nSPS) is 19.2. The molecule has 2 N–H and O–H groups in total. The number of hydrogen-bond donors (Lipinski definition) is 2. The van der Waals surface area contributed by atoms with Crippen LogP contribution < -0.4 is 10.1 Å². The molecule has 0 unspecified atom stereocenters. The van der Waals surface area contributed by atoms with E-state index in [1.807, 2.05) is 0 Å². The Morgan fingerprint density at radius 2 is 1.74 bits per heavy atom. The molecular weight excluding hydrogens is 603 g/mol. The van der Waals surface area contributed by atoms with Crippen LogP contribution in [0.4, 0.5) is 0 Å². The fourth-order valence-electron chi connectivity index (χ4n) is 4.85. The van der Waals surface area contributed by atoms with Crippen LogP contribution in [0.3, 0.4) is 0 Å². The Hall–Kier alpha value is -1.28. The highest BCUT2D eigenvalue weighted by Crippen LogP contribution is 2.42. The van der Waals surface area contributed by atoms with E-state index in [-0.39, 0.29) is 44.5 Å². The highest BCUT2D eigenvalue weighted by molar-refractivity contribution is 7.91. The number of hydrogen-bond acceptors (Lipinski definition) is 8. The summed E-state index contributed by atoms with van der Waals surface area (Å²) in [6.45, 7) is 5.62. The first-order valence-electron chi connectivity index (χ1n) is 12.9. The van der Waals surface area contributed by atoms with E-state index in [2.05, 4.69) is 10.1 Å². The zero-order chi connectivity index (χ0) is 28.6. The second-order valence-electron chi connectivity index (χ2n) is 11.2. The molecule has 216 valence electrons. The van der Waals surface area contributed by atoms with E-state index in [1.54, 1.807) is 31.8 Å². The Kier molecular flexibility index (Phi) is 9.37. The van der Waals surface area contributed by atoms with Crippen molar-refractivity contribution >= 4 is 60.3 Å². The number of carbonyl (C=O) groups is 1. The van der Waals surface area contributed by atoms with Crippen molar-refractivity contribution in [2.75, 3.05) is 24.6 Å². The quantitative estimate of drug-likeness (QED) is 0.451. The summed E-state index contributed by atoms with van der Waals surface area (Å²) in [5.74, 6) is -0.0352. The van der Waals surface area contributed by atoms with Crippen molar-refractivity contribution < 1.29 is 21.6 Å². The molecule has 0 spiro atoms. The van der Waals surface area contributed by atoms with Crippen molar-refractivity contribution in [2.24, 2.45) is 5.92 Å². The van der Waals surface area contributed by atoms with Gasteiger partial charge in [-0.2, -0.15) is 0 Å². The second kappa shape index (κ2) is 11.9. The average molecular weight is 638 g/mol. The first-order chi connectivity index (χ1) is 18.2. The standard InChI is InChI=1S/C25H34Cl2N4O5S3/c1-25(2,3)30-39(35,36)19-10-9-17(20(26)21(19)27)22-18(15-16-7-5-4-6-8-16)28-24(37-22)23(32)29-31-11-13-38(33,34)14-12-31/h9-10,16,30H,4-8,11-15H2,1-3H3,(H,29,32). The molecule has 4 rings (SSSR count). The van der Waals surface area contributed by atoms with Gasteiger partial charge in [0, 0.05) is 24.2 Å². The molecule has 2 aliphatic rings. The van der Waals surface area contributed by atoms with Gasteiger partial charge in [-0.3, -0.25) is 10.2 Å². The van der Waals surface area contributed by atoms with E-state index >= 15 is 0 Å². The van der Waals surface area contributed by atoms with Gasteiger partial charge in [0.2, 0.25) is 10.0 Å². The number of sulfone groups is 1. The van der Waals surface area contributed by atoms with Crippen LogP contribution in [0.15, 0.2) is 17.0 Å². The Morgan fingerprint density at radius 3 is 2.36 bits per heavy atom. The summed E-state index contributed by atoms with van der Waals surface area (Å²) in [4.78, 5) is 18.4. The van der Waals surface area contributed by atoms with Gasteiger partial charge in [0.25, 0.3) is 5.91 Å². The molecule has 1 amide bonds. The molecule has 1 aromatic carbocycles. The lowest BCUT2D eigenvalue weighted by molar-refractivity contribution is 0.0801. The van der Waals surface area contributed by atoms with Crippen molar-refractivity contribution in [1.29, 1.82) is 0 Å². The van der Waals surface area contributed by atoms with E-state index in [0.717, 1.165) is 31.4 Å². The average Bonchev–Trinajstić information content (AvgIpc) is 3.24. The maximum absolute atomic E-state index is 13.1. The fraction of sp³-hybridized carbons (Fsp3) is 0.600. The van der Waals surface area contributed by atoms with Gasteiger partial charge in [-0.25, -0.2) is 31.6 Å². The van der Waals surface area contributed by atoms with Crippen LogP contribution >= 0.6 is 34.5 Å². The number of benzene rings is 1. The highest BCUT2D eigenvalue weighted by Gasteiger charge is 2.30. The predicted octanol–water partition coefficient (Wildman–Crippen LogP) is 4.69. The molecular formula is C25H34Cl2N4O5S3. The Balaban J connectivity index is 1.67. The molecule has 1 aliphatic carbocycles. The Bertz CT molecular complexity index is 1430. The molecule has 1 aliphatic heterocycles. The maximum atomic E-state index is 13.1. The third-order valence-electron chi connectivity index (χ3n) is 6.72. The van der Waals surface area contributed by atoms with Gasteiger partial charge in [-0.05, 0) is 39.2 Å². The first kappa shape index (κ1) is 30.7. The lowest BCUT2D eigenvalue weighted by Crippen LogP contribution is -2.50. The molecule has 2 aromatic rings. The number of hydrazine groups is 1. The molecule has 9 nitrogen and oxygen atoms in total. The van der Waals surface area contributed by atoms with Crippen LogP contribution in [0, 0.1) is 5.92 Å². The smallest absolute Gasteiger partial charge is 0.283 e. The van der Waals surface area contributed by atoms with E-state index < -0.39 is 31.3 Å². The van der Waals surface area contributed by atoms with Gasteiger partial charge in [0.05, 0.1) is 32.1 Å². The number of aromatic nitrogens is 1. The van der Waals surface area contributed by atoms with E-state index in [9.17, 15) is 21.6 Å². The van der Waals surface area contributed by atoms with Crippen LogP contribution in [-0.4, -0.2) is 62.9 Å². The summed E-state index contributed by atoms with van der Waals surface area (Å²) < 4.78 is 52.0. The number of nitrogens with one attached hydrogen (secondary N) is 2. The van der Waals surface area contributed by atoms with Gasteiger partial charge in [-0.15, -0.1) is 11.3 Å². The number of carbonyl (C=O) groups excluding carboxylic acids is 1. The number of thiazole rings is 1. The number of nitrogens with zero attached hydrogens (tertiary/aromatic N) is 2. The molecule has 0 bridgehead atoms. The SMILES string of the molecule is CC(C)(C)NS(=O)(=O)c1ccc(-c2sc(C(=O)NN3CCS(=O)(=O)CC3)nc2CC2CCCCC2)c(Cl)c1Cl. The summed E-state index contributed by atoms with van der Waals surface area (Å²) in [7, 11) is -7.01. The molecule has 1 saturated heterocycles. The van der Waals surface area contributed by atoms with Gasteiger partial charge in [0.1, 0.15) is 4.90 Å². The van der Waals surface area contributed by atoms with Crippen molar-refractivity contribution in [3.63, 3.8) is 0 Å². The minimum absolute atomic E-state index is 0.0171. The topological polar surface area (TPSA) is 126 Å². The third kappa shape index (κ3) is 7.72. The molecule has 0 atom stereocenters. The van der Waals surface area contributed by atoms with Crippen molar-refractivity contribution in [1.82, 2.24) is 20.1 Å². The third-order valence-corrected chi connectivity index (χ3v) is 12.3. The van der Waals surface area contributed by atoms with Gasteiger partial charge in [0.15, 0.2) is 14.8 Å². The summed E-state index contributed by atoms with van der Waals surface area (Å²) >= 11 is 14.4. The number of rotatable bonds is 7. The largest absolute Gasteiger partial charge is 0.294 e. The monoisotopic (exact) mass is 636 g/mol. The van der Waals surface area contributed by atoms with Crippen LogP contribution in [0.1, 0.15) is 68.4 Å². The minimum atomic E-state index is -3.93. The van der Waals surface area contributed by atoms with Crippen LogP contribution in [0.25, 0.3) is 10.4 Å². The van der Waals surface area contributed by atoms with Crippen LogP contribution in [0.5, 0.6) is 0 Å². The Morgan fingerprint density at radius 1 is 1.10 bits per heavy atom. The maximum Gasteiger partial charge on any atom is 0.294 e. The zero-order valence-corrected chi connectivity index (χ0v) is 26.2. The van der Waals surface area contributed by atoms with E-state index in [1.165, 1.54) is 23.8 Å². The summed E-state index contributed by atoms with van der Waals surface area (Å²) in [5.41, 5.74) is 3.31. The summed E-state index contributed by atoms with van der Waals surface area (Å²) in [6.07, 6.45) is 6.32. The fourth-order valence-corrected chi connectivity index (χ4v) is 9.41. The summed E-state index contributed by atoms with van der Waals surface area (Å²) in [6, 6.07) is 3.04. The molecule has 1 saturated carbocycles. The van der Waals surface area contributed by atoms with Crippen molar-refractivity contribution in [3.8, 4) is 10.4 Å². The van der Waals surface area contributed by atoms with Gasteiger partial charge < -0.3 is 0 Å². The number of halogens is 2. The van der Waals surface area contributed by atoms with Crippen molar-refractivity contribution in [3.05, 3.63) is 32.9 Å². The van der Waals surface area contributed by atoms with Crippen LogP contribution in [-0.2, 0) is 26.3 Å². The van der Waals surface area contributed by atoms with E-state index in [4.69, 9.17) is 28.2 Å². The number of amides is 1.